The molecule has 172 valence electrons. The lowest BCUT2D eigenvalue weighted by Gasteiger charge is -2.35. The number of rotatable bonds is 6. The van der Waals surface area contributed by atoms with E-state index in [2.05, 4.69) is 5.32 Å². The van der Waals surface area contributed by atoms with Crippen LogP contribution in [-0.2, 0) is 14.8 Å². The van der Waals surface area contributed by atoms with Crippen LogP contribution in [0.5, 0.6) is 11.5 Å². The van der Waals surface area contributed by atoms with Crippen molar-refractivity contribution in [2.75, 3.05) is 24.5 Å². The molecule has 0 aromatic heterocycles. The summed E-state index contributed by atoms with van der Waals surface area (Å²) in [7, 11) is -2.37. The SMILES string of the molecule is COc1ccc(S(=O)(=O)N2C[C@H](C(=O)NCC3CCCCC3)Oc3cc(C)ccc32)cc1. The molecule has 1 N–H and O–H groups in total. The maximum absolute atomic E-state index is 13.5. The van der Waals surface area contributed by atoms with Crippen molar-refractivity contribution in [3.8, 4) is 11.5 Å². The van der Waals surface area contributed by atoms with Crippen LogP contribution in [0.4, 0.5) is 5.69 Å². The Morgan fingerprint density at radius 1 is 1.12 bits per heavy atom. The molecule has 0 bridgehead atoms. The number of hydrogen-bond donors (Lipinski definition) is 1. The number of aryl methyl sites for hydroxylation is 1. The third-order valence-corrected chi connectivity index (χ3v) is 8.01. The highest BCUT2D eigenvalue weighted by Crippen LogP contribution is 2.38. The van der Waals surface area contributed by atoms with Gasteiger partial charge < -0.3 is 14.8 Å². The van der Waals surface area contributed by atoms with Gasteiger partial charge in [0.25, 0.3) is 15.9 Å². The summed E-state index contributed by atoms with van der Waals surface area (Å²) in [6.45, 7) is 2.42. The van der Waals surface area contributed by atoms with E-state index in [1.54, 1.807) is 24.3 Å². The Bertz CT molecular complexity index is 1060. The lowest BCUT2D eigenvalue weighted by Crippen LogP contribution is -2.51. The Hall–Kier alpha value is -2.74. The highest BCUT2D eigenvalue weighted by atomic mass is 32.2. The number of sulfonamides is 1. The van der Waals surface area contributed by atoms with Crippen molar-refractivity contribution in [3.63, 3.8) is 0 Å². The smallest absolute Gasteiger partial charge is 0.264 e. The quantitative estimate of drug-likeness (QED) is 0.714. The van der Waals surface area contributed by atoms with Gasteiger partial charge in [0.1, 0.15) is 11.5 Å². The predicted molar refractivity (Wildman–Crippen MR) is 123 cm³/mol. The molecule has 1 atom stereocenters. The van der Waals surface area contributed by atoms with Crippen LogP contribution >= 0.6 is 0 Å². The third kappa shape index (κ3) is 4.70. The Morgan fingerprint density at radius 3 is 2.53 bits per heavy atom. The second kappa shape index (κ2) is 9.40. The Morgan fingerprint density at radius 2 is 1.84 bits per heavy atom. The van der Waals surface area contributed by atoms with Gasteiger partial charge in [0.05, 0.1) is 24.2 Å². The molecule has 2 aromatic rings. The molecular formula is C24H30N2O5S. The van der Waals surface area contributed by atoms with Crippen LogP contribution in [0.2, 0.25) is 0 Å². The van der Waals surface area contributed by atoms with Crippen LogP contribution in [0.1, 0.15) is 37.7 Å². The minimum Gasteiger partial charge on any atom is -0.497 e. The largest absolute Gasteiger partial charge is 0.497 e. The summed E-state index contributed by atoms with van der Waals surface area (Å²) >= 11 is 0. The molecule has 0 saturated heterocycles. The van der Waals surface area contributed by atoms with Crippen LogP contribution in [-0.4, -0.2) is 40.6 Å². The molecule has 0 spiro atoms. The van der Waals surface area contributed by atoms with E-state index in [0.717, 1.165) is 18.4 Å². The summed E-state index contributed by atoms with van der Waals surface area (Å²) in [5, 5.41) is 2.99. The van der Waals surface area contributed by atoms with Crippen LogP contribution in [0.3, 0.4) is 0 Å². The molecule has 2 aromatic carbocycles. The van der Waals surface area contributed by atoms with Crippen molar-refractivity contribution < 1.29 is 22.7 Å². The first-order valence-corrected chi connectivity index (χ1v) is 12.5. The molecule has 8 heteroatoms. The van der Waals surface area contributed by atoms with Gasteiger partial charge in [0.2, 0.25) is 0 Å². The molecule has 0 unspecified atom stereocenters. The molecule has 1 saturated carbocycles. The number of carbonyl (C=O) groups is 1. The van der Waals surface area contributed by atoms with Gasteiger partial charge >= 0.3 is 0 Å². The van der Waals surface area contributed by atoms with Gasteiger partial charge in [-0.15, -0.1) is 0 Å². The zero-order valence-corrected chi connectivity index (χ0v) is 19.4. The lowest BCUT2D eigenvalue weighted by molar-refractivity contribution is -0.128. The molecule has 7 nitrogen and oxygen atoms in total. The molecule has 2 aliphatic rings. The number of ether oxygens (including phenoxy) is 2. The van der Waals surface area contributed by atoms with E-state index in [1.807, 2.05) is 13.0 Å². The van der Waals surface area contributed by atoms with Crippen LogP contribution in [0.15, 0.2) is 47.4 Å². The van der Waals surface area contributed by atoms with Crippen LogP contribution in [0.25, 0.3) is 0 Å². The number of hydrogen-bond acceptors (Lipinski definition) is 5. The molecule has 1 aliphatic heterocycles. The lowest BCUT2D eigenvalue weighted by atomic mass is 9.89. The first kappa shape index (κ1) is 22.5. The van der Waals surface area contributed by atoms with Crippen molar-refractivity contribution >= 4 is 21.6 Å². The van der Waals surface area contributed by atoms with Crippen LogP contribution in [0, 0.1) is 12.8 Å². The highest BCUT2D eigenvalue weighted by Gasteiger charge is 2.37. The van der Waals surface area contributed by atoms with E-state index in [0.29, 0.717) is 29.6 Å². The van der Waals surface area contributed by atoms with Crippen molar-refractivity contribution in [3.05, 3.63) is 48.0 Å². The summed E-state index contributed by atoms with van der Waals surface area (Å²) in [5.74, 6) is 1.16. The normalized spacial score (nSPS) is 19.1. The summed E-state index contributed by atoms with van der Waals surface area (Å²) in [6, 6.07) is 11.6. The third-order valence-electron chi connectivity index (χ3n) is 6.21. The summed E-state index contributed by atoms with van der Waals surface area (Å²) in [5.41, 5.74) is 1.36. The van der Waals surface area contributed by atoms with E-state index >= 15 is 0 Å². The molecule has 1 heterocycles. The van der Waals surface area contributed by atoms with Gasteiger partial charge in [-0.2, -0.15) is 0 Å². The standard InChI is InChI=1S/C24H30N2O5S/c1-17-8-13-21-22(14-17)31-23(24(27)25-15-18-6-4-3-5-7-18)16-26(21)32(28,29)20-11-9-19(30-2)10-12-20/h8-14,18,23H,3-7,15-16H2,1-2H3,(H,25,27)/t23-/m1/s1. The fourth-order valence-electron chi connectivity index (χ4n) is 4.35. The van der Waals surface area contributed by atoms with Gasteiger partial charge in [-0.1, -0.05) is 25.3 Å². The molecule has 32 heavy (non-hydrogen) atoms. The van der Waals surface area contributed by atoms with Gasteiger partial charge in [-0.05, 0) is 67.6 Å². The van der Waals surface area contributed by atoms with Crippen molar-refractivity contribution in [1.82, 2.24) is 5.32 Å². The minimum atomic E-state index is -3.90. The Kier molecular flexibility index (Phi) is 6.60. The summed E-state index contributed by atoms with van der Waals surface area (Å²) in [4.78, 5) is 13.1. The first-order chi connectivity index (χ1) is 15.4. The monoisotopic (exact) mass is 458 g/mol. The second-order valence-electron chi connectivity index (χ2n) is 8.54. The first-order valence-electron chi connectivity index (χ1n) is 11.1. The van der Waals surface area contributed by atoms with Gasteiger partial charge in [0, 0.05) is 6.54 Å². The topological polar surface area (TPSA) is 84.9 Å². The fraction of sp³-hybridized carbons (Fsp3) is 0.458. The van der Waals surface area contributed by atoms with E-state index in [9.17, 15) is 13.2 Å². The van der Waals surface area contributed by atoms with E-state index in [-0.39, 0.29) is 17.3 Å². The fourth-order valence-corrected chi connectivity index (χ4v) is 5.83. The van der Waals surface area contributed by atoms with Crippen molar-refractivity contribution in [2.24, 2.45) is 5.92 Å². The van der Waals surface area contributed by atoms with Crippen molar-refractivity contribution in [2.45, 2.75) is 50.0 Å². The van der Waals surface area contributed by atoms with E-state index in [4.69, 9.17) is 9.47 Å². The zero-order chi connectivity index (χ0) is 22.7. The number of anilines is 1. The number of amides is 1. The number of nitrogens with zero attached hydrogens (tertiary/aromatic N) is 1. The van der Waals surface area contributed by atoms with Gasteiger partial charge in [0.15, 0.2) is 6.10 Å². The number of carbonyl (C=O) groups excluding carboxylic acids is 1. The maximum Gasteiger partial charge on any atom is 0.264 e. The molecule has 1 amide bonds. The Labute approximate surface area is 189 Å². The summed E-state index contributed by atoms with van der Waals surface area (Å²) in [6.07, 6.45) is 4.96. The molecule has 4 rings (SSSR count). The second-order valence-corrected chi connectivity index (χ2v) is 10.4. The number of nitrogens with one attached hydrogen (secondary N) is 1. The number of benzene rings is 2. The average molecular weight is 459 g/mol. The molecule has 0 radical (unpaired) electrons. The maximum atomic E-state index is 13.5. The van der Waals surface area contributed by atoms with Gasteiger partial charge in [-0.25, -0.2) is 8.42 Å². The van der Waals surface area contributed by atoms with E-state index < -0.39 is 16.1 Å². The minimum absolute atomic E-state index is 0.0824. The summed E-state index contributed by atoms with van der Waals surface area (Å²) < 4.78 is 39.4. The van der Waals surface area contributed by atoms with Gasteiger partial charge in [-0.3, -0.25) is 9.10 Å². The number of methoxy groups -OCH3 is 1. The van der Waals surface area contributed by atoms with E-state index in [1.165, 1.54) is 42.8 Å². The molecular weight excluding hydrogens is 428 g/mol. The molecule has 1 fully saturated rings. The van der Waals surface area contributed by atoms with Crippen molar-refractivity contribution in [1.29, 1.82) is 0 Å². The predicted octanol–water partition coefficient (Wildman–Crippen LogP) is 3.66. The average Bonchev–Trinajstić information content (AvgIpc) is 2.82. The highest BCUT2D eigenvalue weighted by molar-refractivity contribution is 7.92. The molecule has 1 aliphatic carbocycles. The Balaban J connectivity index is 1.58. The zero-order valence-electron chi connectivity index (χ0n) is 18.5. The van der Waals surface area contributed by atoms with Crippen LogP contribution < -0.4 is 19.1 Å². The number of fused-ring (bicyclic) bond motifs is 1.